The zero-order valence-corrected chi connectivity index (χ0v) is 13.5. The Morgan fingerprint density at radius 1 is 1.45 bits per heavy atom. The smallest absolute Gasteiger partial charge is 0.319 e. The molecule has 1 N–H and O–H groups in total. The molecule has 1 aromatic carbocycles. The van der Waals surface area contributed by atoms with E-state index in [1.165, 1.54) is 18.9 Å². The van der Waals surface area contributed by atoms with Gasteiger partial charge in [-0.05, 0) is 17.9 Å². The second-order valence-corrected chi connectivity index (χ2v) is 5.77. The third kappa shape index (κ3) is 2.82. The van der Waals surface area contributed by atoms with Gasteiger partial charge in [-0.25, -0.2) is 0 Å². The molecule has 1 aliphatic heterocycles. The molecule has 0 spiro atoms. The van der Waals surface area contributed by atoms with Crippen LogP contribution in [-0.4, -0.2) is 25.2 Å². The number of nitrogens with one attached hydrogen (secondary N) is 1. The highest BCUT2D eigenvalue weighted by Crippen LogP contribution is 2.41. The molecule has 114 valence electrons. The quantitative estimate of drug-likeness (QED) is 0.677. The Hall–Kier alpha value is -1.97. The van der Waals surface area contributed by atoms with E-state index in [0.29, 0.717) is 21.2 Å². The molecule has 0 saturated carbocycles. The van der Waals surface area contributed by atoms with Gasteiger partial charge in [0.05, 0.1) is 23.8 Å². The van der Waals surface area contributed by atoms with Crippen LogP contribution in [0.3, 0.4) is 0 Å². The van der Waals surface area contributed by atoms with Gasteiger partial charge in [0.25, 0.3) is 0 Å². The lowest BCUT2D eigenvalue weighted by Gasteiger charge is -2.31. The standard InChI is InChI=1S/C15H13ClN2O3S/c1-21-15(20)12-11(8-5-3-4-6-10(8)16)9(7-17)14(22-2)18-13(12)19/h3-6,11-12H,1-2H3,(H,18,19)/t11-,12+/m0/s1. The van der Waals surface area contributed by atoms with Crippen molar-refractivity contribution in [3.05, 3.63) is 45.5 Å². The second kappa shape index (κ2) is 6.86. The summed E-state index contributed by atoms with van der Waals surface area (Å²) in [6.07, 6.45) is 1.75. The Bertz CT molecular complexity index is 696. The van der Waals surface area contributed by atoms with Crippen molar-refractivity contribution in [3.8, 4) is 6.07 Å². The summed E-state index contributed by atoms with van der Waals surface area (Å²) < 4.78 is 4.73. The van der Waals surface area contributed by atoms with Crippen LogP contribution in [0.15, 0.2) is 34.9 Å². The largest absolute Gasteiger partial charge is 0.468 e. The van der Waals surface area contributed by atoms with Gasteiger partial charge in [-0.2, -0.15) is 5.26 Å². The zero-order valence-electron chi connectivity index (χ0n) is 11.9. The highest BCUT2D eigenvalue weighted by atomic mass is 35.5. The van der Waals surface area contributed by atoms with E-state index in [4.69, 9.17) is 16.3 Å². The van der Waals surface area contributed by atoms with E-state index in [9.17, 15) is 14.9 Å². The summed E-state index contributed by atoms with van der Waals surface area (Å²) in [6.45, 7) is 0. The fraction of sp³-hybridized carbons (Fsp3) is 0.267. The van der Waals surface area contributed by atoms with Gasteiger partial charge < -0.3 is 10.1 Å². The Balaban J connectivity index is 2.69. The number of carbonyl (C=O) groups excluding carboxylic acids is 2. The summed E-state index contributed by atoms with van der Waals surface area (Å²) in [5, 5.41) is 12.9. The molecule has 0 fully saturated rings. The van der Waals surface area contributed by atoms with Gasteiger partial charge in [-0.3, -0.25) is 9.59 Å². The summed E-state index contributed by atoms with van der Waals surface area (Å²) in [5.41, 5.74) is 0.855. The molecule has 0 aliphatic carbocycles. The first-order valence-corrected chi connectivity index (χ1v) is 7.96. The van der Waals surface area contributed by atoms with E-state index < -0.39 is 23.7 Å². The van der Waals surface area contributed by atoms with Crippen LogP contribution >= 0.6 is 23.4 Å². The minimum absolute atomic E-state index is 0.301. The van der Waals surface area contributed by atoms with Crippen LogP contribution in [0.1, 0.15) is 11.5 Å². The molecule has 1 aromatic rings. The lowest BCUT2D eigenvalue weighted by atomic mass is 9.78. The molecular weight excluding hydrogens is 324 g/mol. The predicted molar refractivity (Wildman–Crippen MR) is 84.0 cm³/mol. The number of methoxy groups -OCH3 is 1. The average Bonchev–Trinajstić information content (AvgIpc) is 2.53. The van der Waals surface area contributed by atoms with Gasteiger partial charge in [-0.15, -0.1) is 11.8 Å². The van der Waals surface area contributed by atoms with E-state index in [0.717, 1.165) is 0 Å². The van der Waals surface area contributed by atoms with E-state index >= 15 is 0 Å². The van der Waals surface area contributed by atoms with E-state index in [2.05, 4.69) is 11.4 Å². The van der Waals surface area contributed by atoms with Crippen molar-refractivity contribution in [1.82, 2.24) is 5.32 Å². The average molecular weight is 337 g/mol. The van der Waals surface area contributed by atoms with Crippen molar-refractivity contribution in [1.29, 1.82) is 5.26 Å². The maximum atomic E-state index is 12.3. The van der Waals surface area contributed by atoms with Crippen molar-refractivity contribution in [3.63, 3.8) is 0 Å². The zero-order chi connectivity index (χ0) is 16.3. The first-order valence-electron chi connectivity index (χ1n) is 6.36. The van der Waals surface area contributed by atoms with Crippen molar-refractivity contribution < 1.29 is 14.3 Å². The van der Waals surface area contributed by atoms with Crippen molar-refractivity contribution >= 4 is 35.2 Å². The highest BCUT2D eigenvalue weighted by molar-refractivity contribution is 8.02. The topological polar surface area (TPSA) is 79.2 Å². The molecule has 7 heteroatoms. The van der Waals surface area contributed by atoms with Gasteiger partial charge in [-0.1, -0.05) is 29.8 Å². The van der Waals surface area contributed by atoms with Crippen LogP contribution in [0, 0.1) is 17.2 Å². The number of hydrogen-bond donors (Lipinski definition) is 1. The highest BCUT2D eigenvalue weighted by Gasteiger charge is 2.44. The molecular formula is C15H13ClN2O3S. The number of rotatable bonds is 3. The Labute approximate surface area is 137 Å². The predicted octanol–water partition coefficient (Wildman–Crippen LogP) is 2.44. The van der Waals surface area contributed by atoms with Gasteiger partial charge in [0.1, 0.15) is 5.92 Å². The fourth-order valence-electron chi connectivity index (χ4n) is 2.43. The number of amides is 1. The van der Waals surface area contributed by atoms with Crippen LogP contribution < -0.4 is 5.32 Å². The van der Waals surface area contributed by atoms with Crippen molar-refractivity contribution in [2.75, 3.05) is 13.4 Å². The monoisotopic (exact) mass is 336 g/mol. The second-order valence-electron chi connectivity index (χ2n) is 4.55. The number of halogens is 1. The van der Waals surface area contributed by atoms with Gasteiger partial charge in [0, 0.05) is 10.9 Å². The number of benzene rings is 1. The number of nitrogens with zero attached hydrogens (tertiary/aromatic N) is 1. The molecule has 2 rings (SSSR count). The molecule has 1 amide bonds. The molecule has 0 saturated heterocycles. The van der Waals surface area contributed by atoms with Gasteiger partial charge in [0.15, 0.2) is 0 Å². The molecule has 5 nitrogen and oxygen atoms in total. The molecule has 2 atom stereocenters. The molecule has 0 unspecified atom stereocenters. The molecule has 0 radical (unpaired) electrons. The lowest BCUT2D eigenvalue weighted by Crippen LogP contribution is -2.44. The van der Waals surface area contributed by atoms with Crippen LogP contribution in [0.25, 0.3) is 0 Å². The van der Waals surface area contributed by atoms with Crippen molar-refractivity contribution in [2.24, 2.45) is 5.92 Å². The molecule has 0 aromatic heterocycles. The Kier molecular flexibility index (Phi) is 5.11. The third-order valence-corrected chi connectivity index (χ3v) is 4.50. The molecule has 0 bridgehead atoms. The molecule has 1 heterocycles. The number of carbonyl (C=O) groups is 2. The summed E-state index contributed by atoms with van der Waals surface area (Å²) >= 11 is 7.45. The summed E-state index contributed by atoms with van der Waals surface area (Å²) in [5.74, 6) is -3.10. The SMILES string of the molecule is COC(=O)[C@H]1C(=O)NC(SC)=C(C#N)[C@@H]1c1ccccc1Cl. The van der Waals surface area contributed by atoms with Gasteiger partial charge >= 0.3 is 5.97 Å². The number of hydrogen-bond acceptors (Lipinski definition) is 5. The maximum absolute atomic E-state index is 12.3. The summed E-state index contributed by atoms with van der Waals surface area (Å²) in [7, 11) is 1.21. The third-order valence-electron chi connectivity index (χ3n) is 3.43. The van der Waals surface area contributed by atoms with Crippen LogP contribution in [-0.2, 0) is 14.3 Å². The molecule has 1 aliphatic rings. The summed E-state index contributed by atoms with van der Waals surface area (Å²) in [4.78, 5) is 24.4. The van der Waals surface area contributed by atoms with Gasteiger partial charge in [0.2, 0.25) is 5.91 Å². The number of allylic oxidation sites excluding steroid dienone is 1. The van der Waals surface area contributed by atoms with Crippen LogP contribution in [0.4, 0.5) is 0 Å². The normalized spacial score (nSPS) is 21.1. The number of esters is 1. The minimum Gasteiger partial charge on any atom is -0.468 e. The van der Waals surface area contributed by atoms with Crippen LogP contribution in [0.5, 0.6) is 0 Å². The van der Waals surface area contributed by atoms with E-state index in [1.54, 1.807) is 30.5 Å². The maximum Gasteiger partial charge on any atom is 0.319 e. The summed E-state index contributed by atoms with van der Waals surface area (Å²) in [6, 6.07) is 8.94. The van der Waals surface area contributed by atoms with Crippen molar-refractivity contribution in [2.45, 2.75) is 5.92 Å². The number of ether oxygens (including phenoxy) is 1. The minimum atomic E-state index is -1.14. The Morgan fingerprint density at radius 2 is 2.14 bits per heavy atom. The van der Waals surface area contributed by atoms with E-state index in [1.807, 2.05) is 0 Å². The number of thioether (sulfide) groups is 1. The lowest BCUT2D eigenvalue weighted by molar-refractivity contribution is -0.150. The number of nitriles is 1. The Morgan fingerprint density at radius 3 is 2.68 bits per heavy atom. The van der Waals surface area contributed by atoms with E-state index in [-0.39, 0.29) is 0 Å². The fourth-order valence-corrected chi connectivity index (χ4v) is 3.28. The first kappa shape index (κ1) is 16.4. The van der Waals surface area contributed by atoms with Crippen LogP contribution in [0.2, 0.25) is 5.02 Å². The molecule has 22 heavy (non-hydrogen) atoms. The first-order chi connectivity index (χ1) is 10.5.